The molecule has 5 heteroatoms. The number of rotatable bonds is 7. The van der Waals surface area contributed by atoms with Gasteiger partial charge in [0.2, 0.25) is 0 Å². The van der Waals surface area contributed by atoms with Gasteiger partial charge in [-0.2, -0.15) is 0 Å². The van der Waals surface area contributed by atoms with Crippen LogP contribution in [0.25, 0.3) is 0 Å². The number of carbonyl (C=O) groups excluding carboxylic acids is 1. The van der Waals surface area contributed by atoms with Gasteiger partial charge in [-0.15, -0.1) is 0 Å². The molecule has 0 heterocycles. The fourth-order valence-electron chi connectivity index (χ4n) is 2.42. The van der Waals surface area contributed by atoms with Gasteiger partial charge >= 0.3 is 11.9 Å². The van der Waals surface area contributed by atoms with Crippen LogP contribution in [0.3, 0.4) is 0 Å². The Bertz CT molecular complexity index is 564. The summed E-state index contributed by atoms with van der Waals surface area (Å²) in [6, 6.07) is 1.39. The summed E-state index contributed by atoms with van der Waals surface area (Å²) in [5.74, 6) is -1.23. The lowest BCUT2D eigenvalue weighted by Gasteiger charge is -2.16. The zero-order valence-electron chi connectivity index (χ0n) is 13.5. The molecule has 0 radical (unpaired) electrons. The van der Waals surface area contributed by atoms with Crippen molar-refractivity contribution in [2.75, 3.05) is 6.61 Å². The molecular weight excluding hydrogens is 304 g/mol. The second kappa shape index (κ2) is 8.18. The highest BCUT2D eigenvalue weighted by Gasteiger charge is 2.24. The van der Waals surface area contributed by atoms with E-state index in [1.165, 1.54) is 6.07 Å². The van der Waals surface area contributed by atoms with E-state index in [9.17, 15) is 14.7 Å². The smallest absolute Gasteiger partial charge is 0.339 e. The van der Waals surface area contributed by atoms with Crippen LogP contribution in [0.4, 0.5) is 0 Å². The average Bonchev–Trinajstić information content (AvgIpc) is 2.42. The standard InChI is InChI=1S/C17H23ClO4/c1-5-22-17(21)13-9-14(18)11(4)12(15(13)16(19)20)8-6-7-10(2)3/h9-10H,5-8H2,1-4H3,(H,19,20). The molecule has 0 bridgehead atoms. The molecule has 4 nitrogen and oxygen atoms in total. The number of ether oxygens (including phenoxy) is 1. The number of benzene rings is 1. The van der Waals surface area contributed by atoms with Crippen LogP contribution in [0.2, 0.25) is 5.02 Å². The minimum atomic E-state index is -1.12. The van der Waals surface area contributed by atoms with Crippen molar-refractivity contribution in [3.63, 3.8) is 0 Å². The summed E-state index contributed by atoms with van der Waals surface area (Å²) < 4.78 is 4.95. The van der Waals surface area contributed by atoms with Crippen molar-refractivity contribution in [3.05, 3.63) is 33.3 Å². The average molecular weight is 327 g/mol. The molecule has 0 unspecified atom stereocenters. The number of esters is 1. The Balaban J connectivity index is 3.32. The molecule has 1 N–H and O–H groups in total. The van der Waals surface area contributed by atoms with E-state index in [0.717, 1.165) is 18.4 Å². The van der Waals surface area contributed by atoms with Crippen LogP contribution < -0.4 is 0 Å². The first-order chi connectivity index (χ1) is 10.3. The molecule has 0 saturated heterocycles. The minimum absolute atomic E-state index is 0.0177. The monoisotopic (exact) mass is 326 g/mol. The molecule has 22 heavy (non-hydrogen) atoms. The van der Waals surface area contributed by atoms with Gasteiger partial charge in [-0.05, 0) is 49.8 Å². The van der Waals surface area contributed by atoms with Gasteiger partial charge in [0, 0.05) is 5.02 Å². The quantitative estimate of drug-likeness (QED) is 0.749. The molecule has 0 fully saturated rings. The summed E-state index contributed by atoms with van der Waals surface area (Å²) in [7, 11) is 0. The number of hydrogen-bond donors (Lipinski definition) is 1. The Morgan fingerprint density at radius 1 is 1.36 bits per heavy atom. The van der Waals surface area contributed by atoms with Gasteiger partial charge in [0.05, 0.1) is 17.7 Å². The number of carboxylic acid groups (broad SMARTS) is 1. The van der Waals surface area contributed by atoms with E-state index in [-0.39, 0.29) is 17.7 Å². The van der Waals surface area contributed by atoms with Crippen molar-refractivity contribution in [1.29, 1.82) is 0 Å². The first-order valence-corrected chi connectivity index (χ1v) is 7.89. The molecule has 0 aromatic heterocycles. The van der Waals surface area contributed by atoms with E-state index in [1.807, 2.05) is 0 Å². The van der Waals surface area contributed by atoms with E-state index in [2.05, 4.69) is 13.8 Å². The topological polar surface area (TPSA) is 63.6 Å². The first-order valence-electron chi connectivity index (χ1n) is 7.51. The fraction of sp³-hybridized carbons (Fsp3) is 0.529. The van der Waals surface area contributed by atoms with Gasteiger partial charge in [-0.3, -0.25) is 0 Å². The summed E-state index contributed by atoms with van der Waals surface area (Å²) in [6.07, 6.45) is 2.42. The molecule has 0 atom stereocenters. The maximum absolute atomic E-state index is 12.0. The summed E-state index contributed by atoms with van der Waals surface area (Å²) in [6.45, 7) is 7.89. The second-order valence-electron chi connectivity index (χ2n) is 5.70. The van der Waals surface area contributed by atoms with Crippen LogP contribution in [-0.2, 0) is 11.2 Å². The van der Waals surface area contributed by atoms with Gasteiger partial charge in [0.25, 0.3) is 0 Å². The minimum Gasteiger partial charge on any atom is -0.478 e. The van der Waals surface area contributed by atoms with E-state index in [1.54, 1.807) is 13.8 Å². The predicted molar refractivity (Wildman–Crippen MR) is 86.9 cm³/mol. The lowest BCUT2D eigenvalue weighted by Crippen LogP contribution is -2.16. The van der Waals surface area contributed by atoms with Gasteiger partial charge in [0.1, 0.15) is 0 Å². The van der Waals surface area contributed by atoms with Crippen LogP contribution in [0.5, 0.6) is 0 Å². The molecular formula is C17H23ClO4. The van der Waals surface area contributed by atoms with E-state index in [4.69, 9.17) is 16.3 Å². The van der Waals surface area contributed by atoms with Crippen molar-refractivity contribution in [2.24, 2.45) is 5.92 Å². The molecule has 1 rings (SSSR count). The van der Waals surface area contributed by atoms with E-state index in [0.29, 0.717) is 22.9 Å². The van der Waals surface area contributed by atoms with Gasteiger partial charge in [0.15, 0.2) is 0 Å². The van der Waals surface area contributed by atoms with Crippen molar-refractivity contribution in [3.8, 4) is 0 Å². The summed E-state index contributed by atoms with van der Waals surface area (Å²) >= 11 is 6.18. The number of halogens is 1. The molecule has 122 valence electrons. The number of aromatic carboxylic acids is 1. The maximum Gasteiger partial charge on any atom is 0.339 e. The maximum atomic E-state index is 12.0. The summed E-state index contributed by atoms with van der Waals surface area (Å²) in [5.41, 5.74) is 1.40. The largest absolute Gasteiger partial charge is 0.478 e. The fourth-order valence-corrected chi connectivity index (χ4v) is 2.64. The van der Waals surface area contributed by atoms with Crippen LogP contribution in [0.1, 0.15) is 65.5 Å². The number of hydrogen-bond acceptors (Lipinski definition) is 3. The third-order valence-corrected chi connectivity index (χ3v) is 3.96. The zero-order valence-corrected chi connectivity index (χ0v) is 14.3. The van der Waals surface area contributed by atoms with Crippen LogP contribution in [0, 0.1) is 12.8 Å². The normalized spacial score (nSPS) is 10.8. The third kappa shape index (κ3) is 4.47. The Morgan fingerprint density at radius 2 is 2.00 bits per heavy atom. The molecule has 0 amide bonds. The highest BCUT2D eigenvalue weighted by atomic mass is 35.5. The third-order valence-electron chi connectivity index (χ3n) is 3.57. The van der Waals surface area contributed by atoms with Crippen LogP contribution in [0.15, 0.2) is 6.07 Å². The molecule has 0 aliphatic rings. The van der Waals surface area contributed by atoms with Crippen molar-refractivity contribution >= 4 is 23.5 Å². The zero-order chi connectivity index (χ0) is 16.9. The van der Waals surface area contributed by atoms with Crippen molar-refractivity contribution in [1.82, 2.24) is 0 Å². The van der Waals surface area contributed by atoms with Crippen molar-refractivity contribution in [2.45, 2.75) is 47.0 Å². The van der Waals surface area contributed by atoms with Gasteiger partial charge < -0.3 is 9.84 Å². The molecule has 0 spiro atoms. The summed E-state index contributed by atoms with van der Waals surface area (Å²) in [5, 5.41) is 9.93. The lowest BCUT2D eigenvalue weighted by molar-refractivity contribution is 0.0514. The van der Waals surface area contributed by atoms with Crippen LogP contribution >= 0.6 is 11.6 Å². The first kappa shape index (κ1) is 18.5. The SMILES string of the molecule is CCOC(=O)c1cc(Cl)c(C)c(CCCC(C)C)c1C(=O)O. The molecule has 0 saturated carbocycles. The van der Waals surface area contributed by atoms with E-state index >= 15 is 0 Å². The Morgan fingerprint density at radius 3 is 2.50 bits per heavy atom. The molecule has 1 aromatic rings. The van der Waals surface area contributed by atoms with Crippen LogP contribution in [-0.4, -0.2) is 23.7 Å². The van der Waals surface area contributed by atoms with Gasteiger partial charge in [-0.1, -0.05) is 31.9 Å². The highest BCUT2D eigenvalue weighted by molar-refractivity contribution is 6.32. The lowest BCUT2D eigenvalue weighted by atomic mass is 9.91. The van der Waals surface area contributed by atoms with Crippen molar-refractivity contribution < 1.29 is 19.4 Å². The Hall–Kier alpha value is -1.55. The Labute approximate surface area is 136 Å². The number of carboxylic acids is 1. The molecule has 1 aromatic carbocycles. The predicted octanol–water partition coefficient (Wildman–Crippen LogP) is 4.50. The van der Waals surface area contributed by atoms with E-state index < -0.39 is 11.9 Å². The summed E-state index contributed by atoms with van der Waals surface area (Å²) in [4.78, 5) is 23.7. The molecule has 0 aliphatic heterocycles. The number of carbonyl (C=O) groups is 2. The van der Waals surface area contributed by atoms with Gasteiger partial charge in [-0.25, -0.2) is 9.59 Å². The molecule has 0 aliphatic carbocycles. The Kier molecular flexibility index (Phi) is 6.88. The highest BCUT2D eigenvalue weighted by Crippen LogP contribution is 2.29. The second-order valence-corrected chi connectivity index (χ2v) is 6.10.